The van der Waals surface area contributed by atoms with Crippen molar-refractivity contribution in [3.63, 3.8) is 0 Å². The van der Waals surface area contributed by atoms with Gasteiger partial charge < -0.3 is 10.5 Å². The van der Waals surface area contributed by atoms with Crippen LogP contribution in [0.4, 0.5) is 0 Å². The molecular weight excluding hydrogens is 312 g/mol. The van der Waals surface area contributed by atoms with Crippen molar-refractivity contribution in [2.75, 3.05) is 13.2 Å². The van der Waals surface area contributed by atoms with E-state index in [9.17, 15) is 8.42 Å². The topological polar surface area (TPSA) is 81.4 Å². The molecule has 5 nitrogen and oxygen atoms in total. The van der Waals surface area contributed by atoms with E-state index in [1.807, 2.05) is 6.92 Å². The van der Waals surface area contributed by atoms with Crippen LogP contribution in [0.15, 0.2) is 17.0 Å². The van der Waals surface area contributed by atoms with Crippen molar-refractivity contribution in [1.82, 2.24) is 4.72 Å². The van der Waals surface area contributed by atoms with Crippen LogP contribution in [0.5, 0.6) is 0 Å². The minimum atomic E-state index is -3.63. The standard InChI is InChI=1S/C14H21ClN2O3S/c1-9-12(7-16)5-13(15)6-14(9)21(18,19)17-10(2)11-3-4-20-8-11/h5-6,10-11,17H,3-4,7-8,16H2,1-2H3. The average Bonchev–Trinajstić information content (AvgIpc) is 2.94. The molecule has 0 aliphatic carbocycles. The molecular formula is C14H21ClN2O3S. The molecule has 1 aromatic rings. The number of hydrogen-bond donors (Lipinski definition) is 2. The van der Waals surface area contributed by atoms with E-state index in [-0.39, 0.29) is 23.4 Å². The summed E-state index contributed by atoms with van der Waals surface area (Å²) in [5.74, 6) is 0.202. The molecule has 3 N–H and O–H groups in total. The Bertz CT molecular complexity index is 613. The van der Waals surface area contributed by atoms with Crippen molar-refractivity contribution < 1.29 is 13.2 Å². The number of nitrogens with one attached hydrogen (secondary N) is 1. The van der Waals surface area contributed by atoms with Gasteiger partial charge in [-0.1, -0.05) is 11.6 Å². The van der Waals surface area contributed by atoms with Crippen LogP contribution in [-0.4, -0.2) is 27.7 Å². The van der Waals surface area contributed by atoms with Gasteiger partial charge >= 0.3 is 0 Å². The molecule has 0 spiro atoms. The molecule has 118 valence electrons. The molecule has 1 aliphatic heterocycles. The summed E-state index contributed by atoms with van der Waals surface area (Å²) in [6.07, 6.45) is 0.867. The van der Waals surface area contributed by atoms with Gasteiger partial charge in [-0.05, 0) is 43.5 Å². The highest BCUT2D eigenvalue weighted by Gasteiger charge is 2.28. The summed E-state index contributed by atoms with van der Waals surface area (Å²) in [5, 5.41) is 0.373. The monoisotopic (exact) mass is 332 g/mol. The third kappa shape index (κ3) is 3.76. The Morgan fingerprint density at radius 3 is 2.81 bits per heavy atom. The number of halogens is 1. The minimum Gasteiger partial charge on any atom is -0.381 e. The third-order valence-corrected chi connectivity index (χ3v) is 5.86. The Morgan fingerprint density at radius 1 is 1.52 bits per heavy atom. The second kappa shape index (κ2) is 6.62. The lowest BCUT2D eigenvalue weighted by atomic mass is 10.0. The largest absolute Gasteiger partial charge is 0.381 e. The Hall–Kier alpha value is -0.660. The predicted octanol–water partition coefficient (Wildman–Crippen LogP) is 1.81. The van der Waals surface area contributed by atoms with E-state index in [4.69, 9.17) is 22.1 Å². The van der Waals surface area contributed by atoms with Crippen LogP contribution < -0.4 is 10.5 Å². The molecule has 2 unspecified atom stereocenters. The van der Waals surface area contributed by atoms with Crippen LogP contribution in [0.25, 0.3) is 0 Å². The van der Waals surface area contributed by atoms with E-state index in [2.05, 4.69) is 4.72 Å². The van der Waals surface area contributed by atoms with Crippen LogP contribution in [0.1, 0.15) is 24.5 Å². The van der Waals surface area contributed by atoms with Gasteiger partial charge in [0, 0.05) is 30.1 Å². The minimum absolute atomic E-state index is 0.183. The number of sulfonamides is 1. The Kier molecular flexibility index (Phi) is 5.27. The number of hydrogen-bond acceptors (Lipinski definition) is 4. The molecule has 1 saturated heterocycles. The van der Waals surface area contributed by atoms with Crippen molar-refractivity contribution >= 4 is 21.6 Å². The third-order valence-electron chi connectivity index (χ3n) is 3.95. The van der Waals surface area contributed by atoms with Gasteiger partial charge in [0.2, 0.25) is 10.0 Å². The summed E-state index contributed by atoms with van der Waals surface area (Å²) in [7, 11) is -3.63. The fraction of sp³-hybridized carbons (Fsp3) is 0.571. The first-order valence-electron chi connectivity index (χ1n) is 6.94. The lowest BCUT2D eigenvalue weighted by molar-refractivity contribution is 0.180. The van der Waals surface area contributed by atoms with Crippen molar-refractivity contribution in [1.29, 1.82) is 0 Å². The second-order valence-electron chi connectivity index (χ2n) is 5.43. The number of benzene rings is 1. The average molecular weight is 333 g/mol. The van der Waals surface area contributed by atoms with E-state index >= 15 is 0 Å². The lowest BCUT2D eigenvalue weighted by Gasteiger charge is -2.20. The fourth-order valence-electron chi connectivity index (χ4n) is 2.55. The van der Waals surface area contributed by atoms with Gasteiger partial charge in [-0.15, -0.1) is 0 Å². The zero-order valence-electron chi connectivity index (χ0n) is 12.2. The molecule has 1 heterocycles. The van der Waals surface area contributed by atoms with Crippen molar-refractivity contribution in [3.8, 4) is 0 Å². The zero-order valence-corrected chi connectivity index (χ0v) is 13.8. The first kappa shape index (κ1) is 16.7. The predicted molar refractivity (Wildman–Crippen MR) is 82.8 cm³/mol. The van der Waals surface area contributed by atoms with Gasteiger partial charge in [0.1, 0.15) is 0 Å². The number of ether oxygens (including phenoxy) is 1. The Morgan fingerprint density at radius 2 is 2.24 bits per heavy atom. The summed E-state index contributed by atoms with van der Waals surface area (Å²) in [6.45, 7) is 5.13. The SMILES string of the molecule is Cc1c(CN)cc(Cl)cc1S(=O)(=O)NC(C)C1CCOC1. The van der Waals surface area contributed by atoms with E-state index in [1.165, 1.54) is 6.07 Å². The number of rotatable bonds is 5. The van der Waals surface area contributed by atoms with Crippen molar-refractivity contribution in [2.24, 2.45) is 11.7 Å². The maximum atomic E-state index is 12.6. The Labute approximate surface area is 130 Å². The molecule has 0 radical (unpaired) electrons. The van der Waals surface area contributed by atoms with Crippen molar-refractivity contribution in [3.05, 3.63) is 28.3 Å². The molecule has 1 aliphatic rings. The first-order chi connectivity index (χ1) is 9.85. The maximum Gasteiger partial charge on any atom is 0.241 e. The molecule has 0 bridgehead atoms. The highest BCUT2D eigenvalue weighted by atomic mass is 35.5. The second-order valence-corrected chi connectivity index (χ2v) is 7.54. The smallest absolute Gasteiger partial charge is 0.241 e. The van der Waals surface area contributed by atoms with Gasteiger partial charge in [0.05, 0.1) is 11.5 Å². The molecule has 1 fully saturated rings. The van der Waals surface area contributed by atoms with Gasteiger partial charge in [-0.3, -0.25) is 0 Å². The summed E-state index contributed by atoms with van der Waals surface area (Å²) in [6, 6.07) is 2.98. The molecule has 2 rings (SSSR count). The quantitative estimate of drug-likeness (QED) is 0.861. The Balaban J connectivity index is 2.28. The van der Waals surface area contributed by atoms with Gasteiger partial charge in [0.15, 0.2) is 0 Å². The molecule has 21 heavy (non-hydrogen) atoms. The fourth-order valence-corrected chi connectivity index (χ4v) is 4.48. The normalized spacial score (nSPS) is 20.7. The van der Waals surface area contributed by atoms with Gasteiger partial charge in [-0.2, -0.15) is 0 Å². The highest BCUT2D eigenvalue weighted by molar-refractivity contribution is 7.89. The van der Waals surface area contributed by atoms with Crippen LogP contribution in [0.2, 0.25) is 5.02 Å². The van der Waals surface area contributed by atoms with Crippen LogP contribution in [0, 0.1) is 12.8 Å². The summed E-state index contributed by atoms with van der Waals surface area (Å²) in [4.78, 5) is 0.196. The zero-order chi connectivity index (χ0) is 15.6. The van der Waals surface area contributed by atoms with E-state index < -0.39 is 10.0 Å². The lowest BCUT2D eigenvalue weighted by Crippen LogP contribution is -2.38. The van der Waals surface area contributed by atoms with Gasteiger partial charge in [0.25, 0.3) is 0 Å². The maximum absolute atomic E-state index is 12.6. The number of nitrogens with two attached hydrogens (primary N) is 1. The molecule has 1 aromatic carbocycles. The molecule has 0 amide bonds. The van der Waals surface area contributed by atoms with Crippen LogP contribution >= 0.6 is 11.6 Å². The highest BCUT2D eigenvalue weighted by Crippen LogP contribution is 2.25. The van der Waals surface area contributed by atoms with Gasteiger partial charge in [-0.25, -0.2) is 13.1 Å². The summed E-state index contributed by atoms with van der Waals surface area (Å²) < 4.78 is 33.2. The van der Waals surface area contributed by atoms with Crippen LogP contribution in [0.3, 0.4) is 0 Å². The van der Waals surface area contributed by atoms with Crippen LogP contribution in [-0.2, 0) is 21.3 Å². The van der Waals surface area contributed by atoms with Crippen molar-refractivity contribution in [2.45, 2.75) is 37.8 Å². The van der Waals surface area contributed by atoms with E-state index in [0.29, 0.717) is 23.8 Å². The summed E-state index contributed by atoms with van der Waals surface area (Å²) >= 11 is 6.00. The molecule has 0 saturated carbocycles. The molecule has 0 aromatic heterocycles. The van der Waals surface area contributed by atoms with E-state index in [1.54, 1.807) is 13.0 Å². The molecule has 2 atom stereocenters. The first-order valence-corrected chi connectivity index (χ1v) is 8.80. The molecule has 7 heteroatoms. The van der Waals surface area contributed by atoms with E-state index in [0.717, 1.165) is 12.0 Å². The summed E-state index contributed by atoms with van der Waals surface area (Å²) in [5.41, 5.74) is 7.02.